The van der Waals surface area contributed by atoms with Gasteiger partial charge >= 0.3 is 0 Å². The number of likely N-dealkylation sites (tertiary alicyclic amines) is 1. The van der Waals surface area contributed by atoms with Crippen LogP contribution in [0.2, 0.25) is 0 Å². The van der Waals surface area contributed by atoms with Crippen molar-refractivity contribution in [2.24, 2.45) is 0 Å². The van der Waals surface area contributed by atoms with Gasteiger partial charge in [-0.2, -0.15) is 0 Å². The summed E-state index contributed by atoms with van der Waals surface area (Å²) >= 11 is 0. The van der Waals surface area contributed by atoms with Gasteiger partial charge < -0.3 is 19.3 Å². The highest BCUT2D eigenvalue weighted by Gasteiger charge is 2.45. The van der Waals surface area contributed by atoms with E-state index in [2.05, 4.69) is 9.97 Å². The molecular formula is C25H24N4O4. The van der Waals surface area contributed by atoms with E-state index in [1.807, 2.05) is 23.8 Å². The molecule has 0 aliphatic carbocycles. The number of imidazole rings is 1. The SMILES string of the molecule is C[C@@H]1Cc2cc(/C(O)=C3\C(=O)C(=O)N(CCCn4ccnc4)[C@H]3c3ccncc3)ccc2O1. The Morgan fingerprint density at radius 1 is 1.12 bits per heavy atom. The van der Waals surface area contributed by atoms with Crippen molar-refractivity contribution in [2.75, 3.05) is 6.54 Å². The van der Waals surface area contributed by atoms with Crippen LogP contribution in [0.25, 0.3) is 5.76 Å². The number of benzene rings is 1. The molecule has 2 aliphatic rings. The van der Waals surface area contributed by atoms with Crippen molar-refractivity contribution in [3.8, 4) is 5.75 Å². The average Bonchev–Trinajstić information content (AvgIpc) is 3.53. The minimum Gasteiger partial charge on any atom is -0.507 e. The van der Waals surface area contributed by atoms with Gasteiger partial charge in [0.1, 0.15) is 17.6 Å². The van der Waals surface area contributed by atoms with E-state index in [1.54, 1.807) is 54.1 Å². The predicted octanol–water partition coefficient (Wildman–Crippen LogP) is 3.11. The first-order valence-electron chi connectivity index (χ1n) is 11.0. The molecule has 4 heterocycles. The summed E-state index contributed by atoms with van der Waals surface area (Å²) in [5.74, 6) is -0.677. The van der Waals surface area contributed by atoms with E-state index in [1.165, 1.54) is 0 Å². The van der Waals surface area contributed by atoms with Crippen LogP contribution in [0.1, 0.15) is 36.1 Å². The second-order valence-corrected chi connectivity index (χ2v) is 8.38. The summed E-state index contributed by atoms with van der Waals surface area (Å²) in [5.41, 5.74) is 2.30. The highest BCUT2D eigenvalue weighted by atomic mass is 16.5. The van der Waals surface area contributed by atoms with E-state index in [9.17, 15) is 14.7 Å². The van der Waals surface area contributed by atoms with Gasteiger partial charge in [-0.15, -0.1) is 0 Å². The van der Waals surface area contributed by atoms with Crippen molar-refractivity contribution in [3.63, 3.8) is 0 Å². The molecule has 8 nitrogen and oxygen atoms in total. The number of rotatable bonds is 6. The number of amides is 1. The van der Waals surface area contributed by atoms with Crippen molar-refractivity contribution in [1.82, 2.24) is 19.4 Å². The lowest BCUT2D eigenvalue weighted by Gasteiger charge is -2.25. The average molecular weight is 444 g/mol. The molecule has 2 atom stereocenters. The van der Waals surface area contributed by atoms with E-state index in [4.69, 9.17) is 4.74 Å². The van der Waals surface area contributed by atoms with Crippen LogP contribution >= 0.6 is 0 Å². The molecule has 1 aromatic carbocycles. The maximum atomic E-state index is 13.1. The van der Waals surface area contributed by atoms with Crippen LogP contribution in [-0.2, 0) is 22.6 Å². The van der Waals surface area contributed by atoms with E-state index in [0.717, 1.165) is 23.3 Å². The van der Waals surface area contributed by atoms with Crippen LogP contribution in [0.15, 0.2) is 67.0 Å². The number of aryl methyl sites for hydroxylation is 1. The first kappa shape index (κ1) is 20.9. The molecule has 1 saturated heterocycles. The number of pyridine rings is 1. The molecule has 2 aliphatic heterocycles. The number of carbonyl (C=O) groups excluding carboxylic acids is 2. The van der Waals surface area contributed by atoms with Crippen molar-refractivity contribution in [1.29, 1.82) is 0 Å². The number of ketones is 1. The number of nitrogens with zero attached hydrogens (tertiary/aromatic N) is 4. The van der Waals surface area contributed by atoms with Crippen LogP contribution in [0.5, 0.6) is 5.75 Å². The number of carbonyl (C=O) groups is 2. The van der Waals surface area contributed by atoms with E-state index >= 15 is 0 Å². The van der Waals surface area contributed by atoms with Crippen molar-refractivity contribution in [3.05, 3.63) is 83.7 Å². The Morgan fingerprint density at radius 3 is 2.70 bits per heavy atom. The molecule has 1 N–H and O–H groups in total. The summed E-state index contributed by atoms with van der Waals surface area (Å²) in [6.45, 7) is 3.01. The summed E-state index contributed by atoms with van der Waals surface area (Å²) in [7, 11) is 0. The molecule has 8 heteroatoms. The maximum absolute atomic E-state index is 13.1. The highest BCUT2D eigenvalue weighted by Crippen LogP contribution is 2.40. The van der Waals surface area contributed by atoms with Crippen molar-refractivity contribution < 1.29 is 19.4 Å². The molecular weight excluding hydrogens is 420 g/mol. The normalized spacial score (nSPS) is 21.3. The zero-order valence-electron chi connectivity index (χ0n) is 18.2. The molecule has 0 saturated carbocycles. The first-order chi connectivity index (χ1) is 16.0. The molecule has 33 heavy (non-hydrogen) atoms. The van der Waals surface area contributed by atoms with E-state index < -0.39 is 17.7 Å². The van der Waals surface area contributed by atoms with Gasteiger partial charge in [-0.1, -0.05) is 0 Å². The summed E-state index contributed by atoms with van der Waals surface area (Å²) in [6, 6.07) is 8.22. The molecule has 168 valence electrons. The van der Waals surface area contributed by atoms with Crippen molar-refractivity contribution >= 4 is 17.4 Å². The third-order valence-electron chi connectivity index (χ3n) is 6.11. The van der Waals surface area contributed by atoms with Crippen LogP contribution in [0, 0.1) is 0 Å². The Hall–Kier alpha value is -3.94. The van der Waals surface area contributed by atoms with Gasteiger partial charge in [0.25, 0.3) is 11.7 Å². The number of hydrogen-bond acceptors (Lipinski definition) is 6. The van der Waals surface area contributed by atoms with Crippen molar-refractivity contribution in [2.45, 2.75) is 38.5 Å². The Kier molecular flexibility index (Phi) is 5.42. The lowest BCUT2D eigenvalue weighted by atomic mass is 9.95. The zero-order chi connectivity index (χ0) is 22.9. The second kappa shape index (κ2) is 8.54. The molecule has 5 rings (SSSR count). The first-order valence-corrected chi connectivity index (χ1v) is 11.0. The molecule has 2 aromatic heterocycles. The Morgan fingerprint density at radius 2 is 1.94 bits per heavy atom. The molecule has 1 fully saturated rings. The van der Waals surface area contributed by atoms with Gasteiger partial charge in [-0.25, -0.2) is 4.98 Å². The minimum atomic E-state index is -0.681. The third-order valence-corrected chi connectivity index (χ3v) is 6.11. The predicted molar refractivity (Wildman–Crippen MR) is 120 cm³/mol. The smallest absolute Gasteiger partial charge is 0.295 e. The lowest BCUT2D eigenvalue weighted by Crippen LogP contribution is -2.31. The Balaban J connectivity index is 1.51. The number of fused-ring (bicyclic) bond motifs is 1. The minimum absolute atomic E-state index is 0.0651. The second-order valence-electron chi connectivity index (χ2n) is 8.38. The fourth-order valence-electron chi connectivity index (χ4n) is 4.57. The summed E-state index contributed by atoms with van der Waals surface area (Å²) in [5, 5.41) is 11.2. The van der Waals surface area contributed by atoms with Gasteiger partial charge in [-0.3, -0.25) is 14.6 Å². The number of ether oxygens (including phenoxy) is 1. The van der Waals surface area contributed by atoms with Crippen LogP contribution in [0.4, 0.5) is 0 Å². The maximum Gasteiger partial charge on any atom is 0.295 e. The Bertz CT molecular complexity index is 1220. The number of aliphatic hydroxyl groups is 1. The van der Waals surface area contributed by atoms with Crippen LogP contribution in [0.3, 0.4) is 0 Å². The third kappa shape index (κ3) is 3.88. The summed E-state index contributed by atoms with van der Waals surface area (Å²) in [6.07, 6.45) is 9.94. The van der Waals surface area contributed by atoms with Crippen LogP contribution in [-0.4, -0.2) is 48.9 Å². The standard InChI is InChI=1S/C25H24N4O4/c1-16-13-19-14-18(3-4-20(19)33-16)23(30)21-22(17-5-7-26-8-6-17)29(25(32)24(21)31)11-2-10-28-12-9-27-15-28/h3-9,12,14-16,22,30H,2,10-11,13H2,1H3/b23-21+/t16-,22+/m1/s1. The van der Waals surface area contributed by atoms with E-state index in [0.29, 0.717) is 25.1 Å². The highest BCUT2D eigenvalue weighted by molar-refractivity contribution is 6.46. The molecule has 0 bridgehead atoms. The monoisotopic (exact) mass is 444 g/mol. The summed E-state index contributed by atoms with van der Waals surface area (Å²) in [4.78, 5) is 35.8. The fourth-order valence-corrected chi connectivity index (χ4v) is 4.57. The zero-order valence-corrected chi connectivity index (χ0v) is 18.2. The molecule has 3 aromatic rings. The van der Waals surface area contributed by atoms with E-state index in [-0.39, 0.29) is 17.4 Å². The topological polar surface area (TPSA) is 97.6 Å². The fraction of sp³-hybridized carbons (Fsp3) is 0.280. The molecule has 0 spiro atoms. The molecule has 1 amide bonds. The van der Waals surface area contributed by atoms with Gasteiger partial charge in [0.15, 0.2) is 0 Å². The quantitative estimate of drug-likeness (QED) is 0.356. The number of aromatic nitrogens is 3. The lowest BCUT2D eigenvalue weighted by molar-refractivity contribution is -0.139. The number of Topliss-reactive ketones (excluding diaryl/α,β-unsaturated/α-hetero) is 1. The number of aliphatic hydroxyl groups excluding tert-OH is 1. The molecule has 0 radical (unpaired) electrons. The largest absolute Gasteiger partial charge is 0.507 e. The summed E-state index contributed by atoms with van der Waals surface area (Å²) < 4.78 is 7.67. The molecule has 0 unspecified atom stereocenters. The number of hydrogen-bond donors (Lipinski definition) is 1. The van der Waals surface area contributed by atoms with Gasteiger partial charge in [0, 0.05) is 49.9 Å². The van der Waals surface area contributed by atoms with Gasteiger partial charge in [0.2, 0.25) is 0 Å². The van der Waals surface area contributed by atoms with Gasteiger partial charge in [0.05, 0.1) is 17.9 Å². The Labute approximate surface area is 191 Å². The van der Waals surface area contributed by atoms with Gasteiger partial charge in [-0.05, 0) is 54.8 Å². The van der Waals surface area contributed by atoms with Crippen LogP contribution < -0.4 is 4.74 Å².